The van der Waals surface area contributed by atoms with Crippen LogP contribution >= 0.6 is 15.6 Å². The lowest BCUT2D eigenvalue weighted by atomic mass is 10.0. The van der Waals surface area contributed by atoms with Gasteiger partial charge in [-0.05, 0) is 49.4 Å². The average Bonchev–Trinajstić information content (AvgIpc) is 0.942. The van der Waals surface area contributed by atoms with E-state index in [1.54, 1.807) is 0 Å². The van der Waals surface area contributed by atoms with Crippen LogP contribution in [0, 0.1) is 23.7 Å². The molecule has 3 unspecified atom stereocenters. The minimum Gasteiger partial charge on any atom is -0.462 e. The van der Waals surface area contributed by atoms with Gasteiger partial charge in [-0.15, -0.1) is 0 Å². The fraction of sp³-hybridized carbons (Fsp3) is 0.950. The number of phosphoric ester groups is 2. The Bertz CT molecular complexity index is 1940. The number of aliphatic hydroxyl groups excluding tert-OH is 1. The molecule has 0 aliphatic heterocycles. The van der Waals surface area contributed by atoms with Crippen LogP contribution in [-0.4, -0.2) is 96.7 Å². The maximum Gasteiger partial charge on any atom is 0.472 e. The number of esters is 4. The Kier molecular flexibility index (Phi) is 67.8. The van der Waals surface area contributed by atoms with Gasteiger partial charge in [0.05, 0.1) is 26.4 Å². The van der Waals surface area contributed by atoms with Crippen molar-refractivity contribution in [2.24, 2.45) is 23.7 Å². The van der Waals surface area contributed by atoms with Gasteiger partial charge < -0.3 is 33.8 Å². The molecule has 588 valence electrons. The fourth-order valence-electron chi connectivity index (χ4n) is 12.3. The fourth-order valence-corrected chi connectivity index (χ4v) is 13.8. The molecule has 0 saturated heterocycles. The van der Waals surface area contributed by atoms with Gasteiger partial charge in [-0.1, -0.05) is 357 Å². The number of carbonyl (C=O) groups excluding carboxylic acids is 4. The van der Waals surface area contributed by atoms with Gasteiger partial charge in [-0.3, -0.25) is 37.3 Å². The van der Waals surface area contributed by atoms with E-state index in [0.717, 1.165) is 114 Å². The van der Waals surface area contributed by atoms with Crippen LogP contribution in [0.4, 0.5) is 0 Å². The van der Waals surface area contributed by atoms with E-state index >= 15 is 0 Å². The first-order chi connectivity index (χ1) is 47.6. The lowest BCUT2D eigenvalue weighted by Crippen LogP contribution is -2.30. The minimum atomic E-state index is -4.96. The van der Waals surface area contributed by atoms with Crippen LogP contribution in [-0.2, 0) is 65.4 Å². The highest BCUT2D eigenvalue weighted by Gasteiger charge is 2.30. The Balaban J connectivity index is 5.23. The van der Waals surface area contributed by atoms with E-state index in [1.807, 2.05) is 0 Å². The predicted octanol–water partition coefficient (Wildman–Crippen LogP) is 23.6. The molecule has 0 radical (unpaired) electrons. The molecule has 99 heavy (non-hydrogen) atoms. The molecule has 0 aromatic heterocycles. The molecule has 0 fully saturated rings. The number of aliphatic hydroxyl groups is 1. The summed E-state index contributed by atoms with van der Waals surface area (Å²) >= 11 is 0. The molecule has 0 rings (SSSR count). The summed E-state index contributed by atoms with van der Waals surface area (Å²) in [5.74, 6) is 0.954. The van der Waals surface area contributed by atoms with Crippen LogP contribution in [0.5, 0.6) is 0 Å². The number of hydrogen-bond donors (Lipinski definition) is 3. The number of hydrogen-bond acceptors (Lipinski definition) is 15. The van der Waals surface area contributed by atoms with Crippen LogP contribution in [0.1, 0.15) is 409 Å². The van der Waals surface area contributed by atoms with Crippen molar-refractivity contribution in [3.05, 3.63) is 0 Å². The van der Waals surface area contributed by atoms with E-state index in [1.165, 1.54) is 212 Å². The maximum atomic E-state index is 13.1. The van der Waals surface area contributed by atoms with E-state index in [-0.39, 0.29) is 25.7 Å². The summed E-state index contributed by atoms with van der Waals surface area (Å²) in [4.78, 5) is 73.0. The highest BCUT2D eigenvalue weighted by Crippen LogP contribution is 2.45. The number of carbonyl (C=O) groups is 4. The van der Waals surface area contributed by atoms with Crippen LogP contribution in [0.2, 0.25) is 0 Å². The Morgan fingerprint density at radius 1 is 0.253 bits per heavy atom. The molecule has 17 nitrogen and oxygen atoms in total. The summed E-state index contributed by atoms with van der Waals surface area (Å²) in [5, 5.41) is 10.6. The third-order valence-electron chi connectivity index (χ3n) is 18.6. The summed E-state index contributed by atoms with van der Waals surface area (Å²) in [5.41, 5.74) is 0. The number of rotatable bonds is 77. The molecule has 0 heterocycles. The van der Waals surface area contributed by atoms with Crippen LogP contribution in [0.3, 0.4) is 0 Å². The standard InChI is InChI=1S/C80H156O17P2/c1-70(2)56-48-40-32-24-18-15-13-11-9-10-12-14-16-20-28-38-46-54-62-79(84)96-75(66-90-77(82)60-52-44-36-27-23-22-26-34-42-50-58-72(5)6)68-94-98(86,87)92-64-74(81)65-93-99(88,89)95-69-76(67-91-78(83)61-53-45-37-31-30-35-43-51-59-73(7)8)97-80(85)63-55-47-39-29-21-17-19-25-33-41-49-57-71(3)4/h70-76,81H,9-69H2,1-8H3,(H,86,87)(H,88,89)/t74?,75-,76-/m1/s1. The van der Waals surface area contributed by atoms with Gasteiger partial charge in [0.25, 0.3) is 0 Å². The SMILES string of the molecule is CC(C)CCCCCCCCCCCCCCCCCCCCC(=O)O[C@H](COC(=O)CCCCCCCCCCCCC(C)C)COP(=O)(O)OCC(O)COP(=O)(O)OC[C@@H](COC(=O)CCCCCCCCCCC(C)C)OC(=O)CCCCCCCCCCCCCC(C)C. The van der Waals surface area contributed by atoms with Crippen LogP contribution < -0.4 is 0 Å². The van der Waals surface area contributed by atoms with E-state index in [9.17, 15) is 43.2 Å². The van der Waals surface area contributed by atoms with Gasteiger partial charge >= 0.3 is 39.5 Å². The van der Waals surface area contributed by atoms with Crippen LogP contribution in [0.25, 0.3) is 0 Å². The minimum absolute atomic E-state index is 0.106. The molecular formula is C80H156O17P2. The van der Waals surface area contributed by atoms with Crippen molar-refractivity contribution in [3.8, 4) is 0 Å². The summed E-state index contributed by atoms with van der Waals surface area (Å²) < 4.78 is 68.7. The Morgan fingerprint density at radius 3 is 0.626 bits per heavy atom. The smallest absolute Gasteiger partial charge is 0.462 e. The first-order valence-corrected chi connectivity index (χ1v) is 44.2. The van der Waals surface area contributed by atoms with Crippen molar-refractivity contribution in [2.75, 3.05) is 39.6 Å². The predicted molar refractivity (Wildman–Crippen MR) is 404 cm³/mol. The van der Waals surface area contributed by atoms with Gasteiger partial charge in [0.15, 0.2) is 12.2 Å². The zero-order valence-corrected chi connectivity index (χ0v) is 66.9. The molecule has 0 aliphatic carbocycles. The van der Waals surface area contributed by atoms with Crippen molar-refractivity contribution in [2.45, 2.75) is 427 Å². The number of phosphoric acid groups is 2. The Labute approximate surface area is 607 Å². The molecule has 0 aromatic carbocycles. The molecule has 0 spiro atoms. The lowest BCUT2D eigenvalue weighted by Gasteiger charge is -2.21. The monoisotopic (exact) mass is 1450 g/mol. The highest BCUT2D eigenvalue weighted by atomic mass is 31.2. The first-order valence-electron chi connectivity index (χ1n) is 41.2. The third kappa shape index (κ3) is 74.1. The van der Waals surface area contributed by atoms with E-state index in [2.05, 4.69) is 55.4 Å². The van der Waals surface area contributed by atoms with Gasteiger partial charge in [0.2, 0.25) is 0 Å². The van der Waals surface area contributed by atoms with Gasteiger partial charge in [-0.25, -0.2) is 9.13 Å². The summed E-state index contributed by atoms with van der Waals surface area (Å²) in [7, 11) is -9.92. The van der Waals surface area contributed by atoms with Crippen LogP contribution in [0.15, 0.2) is 0 Å². The largest absolute Gasteiger partial charge is 0.472 e. The third-order valence-corrected chi connectivity index (χ3v) is 20.5. The molecule has 3 N–H and O–H groups in total. The topological polar surface area (TPSA) is 237 Å². The molecule has 5 atom stereocenters. The van der Waals surface area contributed by atoms with Crippen molar-refractivity contribution in [1.29, 1.82) is 0 Å². The normalized spacial score (nSPS) is 14.1. The van der Waals surface area contributed by atoms with E-state index in [0.29, 0.717) is 25.7 Å². The van der Waals surface area contributed by atoms with Gasteiger partial charge in [0, 0.05) is 25.7 Å². The summed E-state index contributed by atoms with van der Waals surface area (Å²) in [6, 6.07) is 0. The molecule has 0 aromatic rings. The second-order valence-electron chi connectivity index (χ2n) is 30.7. The van der Waals surface area contributed by atoms with Gasteiger partial charge in [-0.2, -0.15) is 0 Å². The van der Waals surface area contributed by atoms with E-state index < -0.39 is 97.5 Å². The maximum absolute atomic E-state index is 13.1. The zero-order chi connectivity index (χ0) is 73.1. The zero-order valence-electron chi connectivity index (χ0n) is 65.1. The van der Waals surface area contributed by atoms with E-state index in [4.69, 9.17) is 37.0 Å². The molecule has 0 aliphatic rings. The Morgan fingerprint density at radius 2 is 0.424 bits per heavy atom. The first kappa shape index (κ1) is 97.1. The molecule has 0 bridgehead atoms. The Hall–Kier alpha value is -1.94. The quantitative estimate of drug-likeness (QED) is 0.0222. The summed E-state index contributed by atoms with van der Waals surface area (Å²) in [6.07, 6.45) is 55.6. The number of unbranched alkanes of at least 4 members (excludes halogenated alkanes) is 43. The van der Waals surface area contributed by atoms with Crippen molar-refractivity contribution < 1.29 is 80.2 Å². The highest BCUT2D eigenvalue weighted by molar-refractivity contribution is 7.47. The van der Waals surface area contributed by atoms with Crippen molar-refractivity contribution in [1.82, 2.24) is 0 Å². The molecular weight excluding hydrogens is 1290 g/mol. The average molecular weight is 1450 g/mol. The summed E-state index contributed by atoms with van der Waals surface area (Å²) in [6.45, 7) is 14.2. The molecule has 0 saturated carbocycles. The molecule has 0 amide bonds. The van der Waals surface area contributed by atoms with Crippen molar-refractivity contribution in [3.63, 3.8) is 0 Å². The number of ether oxygens (including phenoxy) is 4. The second kappa shape index (κ2) is 69.1. The molecule has 19 heteroatoms. The second-order valence-corrected chi connectivity index (χ2v) is 33.6. The van der Waals surface area contributed by atoms with Gasteiger partial charge in [0.1, 0.15) is 19.3 Å². The van der Waals surface area contributed by atoms with Crippen molar-refractivity contribution >= 4 is 39.5 Å². The lowest BCUT2D eigenvalue weighted by molar-refractivity contribution is -0.161.